The Balaban J connectivity index is 1.46. The smallest absolute Gasteiger partial charge is 0.339 e. The number of rotatable bonds is 12. The minimum atomic E-state index is -0.923. The normalized spacial score (nSPS) is 13.8. The zero-order valence-electron chi connectivity index (χ0n) is 21.8. The van der Waals surface area contributed by atoms with Crippen LogP contribution in [0.1, 0.15) is 61.0 Å². The summed E-state index contributed by atoms with van der Waals surface area (Å²) in [6, 6.07) is 3.10. The summed E-state index contributed by atoms with van der Waals surface area (Å²) in [5.41, 5.74) is 3.19. The maximum Gasteiger partial charge on any atom is 0.339 e. The van der Waals surface area contributed by atoms with E-state index in [-0.39, 0.29) is 37.6 Å². The van der Waals surface area contributed by atoms with Crippen LogP contribution < -0.4 is 16.3 Å². The second kappa shape index (κ2) is 12.5. The molecule has 0 saturated carbocycles. The molecular weight excluding hydrogens is 508 g/mol. The minimum absolute atomic E-state index is 0.0303. The van der Waals surface area contributed by atoms with Crippen LogP contribution in [0.15, 0.2) is 25.8 Å². The van der Waals surface area contributed by atoms with Crippen molar-refractivity contribution in [3.63, 3.8) is 0 Å². The number of hydrogen-bond acceptors (Lipinski definition) is 7. The third-order valence-electron chi connectivity index (χ3n) is 7.09. The van der Waals surface area contributed by atoms with Gasteiger partial charge in [-0.05, 0) is 69.1 Å². The minimum Gasteiger partial charge on any atom is -0.481 e. The van der Waals surface area contributed by atoms with Crippen molar-refractivity contribution in [2.24, 2.45) is 0 Å². The van der Waals surface area contributed by atoms with Gasteiger partial charge in [0.05, 0.1) is 0 Å². The van der Waals surface area contributed by atoms with Crippen LogP contribution in [0.2, 0.25) is 0 Å². The highest BCUT2D eigenvalue weighted by molar-refractivity contribution is 7.98. The van der Waals surface area contributed by atoms with Gasteiger partial charge >= 0.3 is 11.6 Å². The average molecular weight is 543 g/mol. The van der Waals surface area contributed by atoms with Crippen molar-refractivity contribution < 1.29 is 28.3 Å². The van der Waals surface area contributed by atoms with E-state index in [9.17, 15) is 19.2 Å². The largest absolute Gasteiger partial charge is 0.481 e. The average Bonchev–Trinajstić information content (AvgIpc) is 3.25. The lowest BCUT2D eigenvalue weighted by Crippen LogP contribution is -2.47. The molecule has 3 aromatic rings. The van der Waals surface area contributed by atoms with E-state index in [2.05, 4.69) is 10.6 Å². The Morgan fingerprint density at radius 2 is 1.84 bits per heavy atom. The van der Waals surface area contributed by atoms with E-state index in [0.717, 1.165) is 53.4 Å². The topological polar surface area (TPSA) is 139 Å². The summed E-state index contributed by atoms with van der Waals surface area (Å²) in [6.07, 6.45) is 6.98. The number of carbonyl (C=O) groups is 3. The Hall–Kier alpha value is -3.27. The first-order chi connectivity index (χ1) is 18.3. The second-order valence-corrected chi connectivity index (χ2v) is 10.7. The van der Waals surface area contributed by atoms with Crippen LogP contribution in [-0.2, 0) is 33.6 Å². The van der Waals surface area contributed by atoms with Gasteiger partial charge < -0.3 is 24.6 Å². The third-order valence-corrected chi connectivity index (χ3v) is 7.74. The Kier molecular flexibility index (Phi) is 9.14. The Morgan fingerprint density at radius 1 is 1.08 bits per heavy atom. The summed E-state index contributed by atoms with van der Waals surface area (Å²) in [4.78, 5) is 48.9. The van der Waals surface area contributed by atoms with Gasteiger partial charge in [0.1, 0.15) is 23.0 Å². The van der Waals surface area contributed by atoms with Crippen LogP contribution >= 0.6 is 11.8 Å². The number of furan rings is 1. The van der Waals surface area contributed by atoms with E-state index in [1.165, 1.54) is 5.56 Å². The first kappa shape index (κ1) is 27.8. The van der Waals surface area contributed by atoms with Crippen LogP contribution in [0.5, 0.6) is 0 Å². The van der Waals surface area contributed by atoms with Crippen LogP contribution in [0.4, 0.5) is 0 Å². The van der Waals surface area contributed by atoms with Crippen molar-refractivity contribution in [3.8, 4) is 0 Å². The van der Waals surface area contributed by atoms with Crippen molar-refractivity contribution >= 4 is 51.5 Å². The monoisotopic (exact) mass is 542 g/mol. The second-order valence-electron chi connectivity index (χ2n) is 9.74. The lowest BCUT2D eigenvalue weighted by Gasteiger charge is -2.18. The molecule has 3 N–H and O–H groups in total. The van der Waals surface area contributed by atoms with E-state index < -0.39 is 17.6 Å². The molecule has 0 radical (unpaired) electrons. The Labute approximate surface area is 224 Å². The molecule has 10 heteroatoms. The molecule has 4 rings (SSSR count). The maximum atomic E-state index is 12.8. The Bertz CT molecular complexity index is 1410. The van der Waals surface area contributed by atoms with E-state index in [4.69, 9.17) is 13.9 Å². The van der Waals surface area contributed by atoms with E-state index in [1.54, 1.807) is 17.8 Å². The molecule has 9 nitrogen and oxygen atoms in total. The number of amides is 2. The Morgan fingerprint density at radius 3 is 2.61 bits per heavy atom. The van der Waals surface area contributed by atoms with Gasteiger partial charge in [0.25, 0.3) is 0 Å². The molecule has 0 saturated heterocycles. The summed E-state index contributed by atoms with van der Waals surface area (Å²) >= 11 is 1.56. The fourth-order valence-electron chi connectivity index (χ4n) is 5.02. The number of thioether (sulfide) groups is 1. The van der Waals surface area contributed by atoms with Gasteiger partial charge in [-0.2, -0.15) is 11.8 Å². The number of fused-ring (bicyclic) bond motifs is 4. The molecule has 0 spiro atoms. The van der Waals surface area contributed by atoms with Gasteiger partial charge in [-0.1, -0.05) is 0 Å². The molecule has 1 aromatic carbocycles. The predicted octanol–water partition coefficient (Wildman–Crippen LogP) is 3.88. The molecule has 2 aromatic heterocycles. The van der Waals surface area contributed by atoms with Crippen LogP contribution in [0.25, 0.3) is 21.9 Å². The fourth-order valence-corrected chi connectivity index (χ4v) is 5.49. The molecule has 1 aliphatic carbocycles. The number of hydrogen-bond donors (Lipinski definition) is 3. The van der Waals surface area contributed by atoms with Crippen LogP contribution in [0, 0.1) is 6.92 Å². The van der Waals surface area contributed by atoms with E-state index in [1.807, 2.05) is 19.2 Å². The predicted molar refractivity (Wildman–Crippen MR) is 147 cm³/mol. The number of carbonyl (C=O) groups excluding carboxylic acids is 2. The number of aryl methyl sites for hydroxylation is 3. The molecule has 2 amide bonds. The molecule has 0 fully saturated rings. The molecular formula is C28H34N2O7S. The molecule has 38 heavy (non-hydrogen) atoms. The first-order valence-electron chi connectivity index (χ1n) is 13.1. The SMILES string of the molecule is CSCCC(NC(=O)CCc1c(C)c2cc3c4c(oc3cc2oc1=O)CCCC4)C(=O)NCCCC(=O)O. The molecule has 1 unspecified atom stereocenters. The van der Waals surface area contributed by atoms with E-state index in [0.29, 0.717) is 29.7 Å². The summed E-state index contributed by atoms with van der Waals surface area (Å²) in [7, 11) is 0. The number of benzene rings is 1. The van der Waals surface area contributed by atoms with Gasteiger partial charge in [0.2, 0.25) is 11.8 Å². The number of nitrogens with one attached hydrogen (secondary N) is 2. The van der Waals surface area contributed by atoms with Crippen molar-refractivity contribution in [2.75, 3.05) is 18.6 Å². The first-order valence-corrected chi connectivity index (χ1v) is 14.5. The van der Waals surface area contributed by atoms with Crippen molar-refractivity contribution in [2.45, 2.75) is 70.8 Å². The summed E-state index contributed by atoms with van der Waals surface area (Å²) in [5.74, 6) is 0.0862. The molecule has 1 atom stereocenters. The summed E-state index contributed by atoms with van der Waals surface area (Å²) < 4.78 is 11.7. The van der Waals surface area contributed by atoms with E-state index >= 15 is 0 Å². The molecule has 2 heterocycles. The lowest BCUT2D eigenvalue weighted by atomic mass is 9.94. The van der Waals surface area contributed by atoms with Crippen molar-refractivity contribution in [1.82, 2.24) is 10.6 Å². The highest BCUT2D eigenvalue weighted by atomic mass is 32.2. The zero-order chi connectivity index (χ0) is 27.2. The van der Waals surface area contributed by atoms with Gasteiger partial charge in [0.15, 0.2) is 0 Å². The zero-order valence-corrected chi connectivity index (χ0v) is 22.6. The van der Waals surface area contributed by atoms with Crippen molar-refractivity contribution in [3.05, 3.63) is 45.0 Å². The third kappa shape index (κ3) is 6.40. The highest BCUT2D eigenvalue weighted by Crippen LogP contribution is 2.35. The summed E-state index contributed by atoms with van der Waals surface area (Å²) in [6.45, 7) is 2.10. The van der Waals surface area contributed by atoms with Gasteiger partial charge in [-0.25, -0.2) is 4.79 Å². The fraction of sp³-hybridized carbons (Fsp3) is 0.500. The molecule has 0 aliphatic heterocycles. The summed E-state index contributed by atoms with van der Waals surface area (Å²) in [5, 5.41) is 16.1. The van der Waals surface area contributed by atoms with Crippen LogP contribution in [-0.4, -0.2) is 47.5 Å². The number of aliphatic carboxylic acids is 1. The molecule has 0 bridgehead atoms. The highest BCUT2D eigenvalue weighted by Gasteiger charge is 2.23. The number of carboxylic acids is 1. The molecule has 204 valence electrons. The standard InChI is InChI=1S/C28H34N2O7S/c1-16-17(9-10-25(31)30-21(11-13-38-2)27(34)29-12-5-8-26(32)33)28(35)37-23-15-24-20(14-19(16)23)18-6-3-4-7-22(18)36-24/h14-15,21H,3-13H2,1-2H3,(H,29,34)(H,30,31)(H,32,33). The van der Waals surface area contributed by atoms with Gasteiger partial charge in [0, 0.05) is 53.8 Å². The lowest BCUT2D eigenvalue weighted by molar-refractivity contribution is -0.137. The van der Waals surface area contributed by atoms with Crippen LogP contribution in [0.3, 0.4) is 0 Å². The quantitative estimate of drug-likeness (QED) is 0.232. The van der Waals surface area contributed by atoms with Gasteiger partial charge in [-0.3, -0.25) is 14.4 Å². The van der Waals surface area contributed by atoms with Crippen molar-refractivity contribution in [1.29, 1.82) is 0 Å². The maximum absolute atomic E-state index is 12.8. The number of carboxylic acid groups (broad SMARTS) is 1. The molecule has 1 aliphatic rings. The van der Waals surface area contributed by atoms with Gasteiger partial charge in [-0.15, -0.1) is 0 Å².